The Balaban J connectivity index is 1.69. The van der Waals surface area contributed by atoms with Crippen LogP contribution in [0.15, 0.2) is 57.9 Å². The lowest BCUT2D eigenvalue weighted by atomic mass is 10.2. The molecule has 2 aromatic rings. The maximum absolute atomic E-state index is 12.5. The zero-order chi connectivity index (χ0) is 19.4. The number of thioether (sulfide) groups is 1. The van der Waals surface area contributed by atoms with Gasteiger partial charge in [0.1, 0.15) is 12.4 Å². The van der Waals surface area contributed by atoms with Gasteiger partial charge in [0.25, 0.3) is 16.8 Å². The number of nitro groups is 1. The molecule has 0 unspecified atom stereocenters. The number of amides is 2. The number of nitro benzene ring substituents is 1. The number of carbonyl (C=O) groups is 2. The quantitative estimate of drug-likeness (QED) is 0.367. The third-order valence-corrected chi connectivity index (χ3v) is 5.24. The number of hydrogen-bond acceptors (Lipinski definition) is 6. The number of hydrogen-bond donors (Lipinski definition) is 0. The van der Waals surface area contributed by atoms with E-state index in [1.165, 1.54) is 18.2 Å². The Labute approximate surface area is 167 Å². The summed E-state index contributed by atoms with van der Waals surface area (Å²) in [7, 11) is 0. The van der Waals surface area contributed by atoms with E-state index >= 15 is 0 Å². The minimum Gasteiger partial charge on any atom is -0.492 e. The van der Waals surface area contributed by atoms with Crippen LogP contribution in [0, 0.1) is 10.1 Å². The predicted molar refractivity (Wildman–Crippen MR) is 105 cm³/mol. The largest absolute Gasteiger partial charge is 0.492 e. The highest BCUT2D eigenvalue weighted by Crippen LogP contribution is 2.33. The molecule has 0 radical (unpaired) electrons. The first-order valence-electron chi connectivity index (χ1n) is 7.83. The maximum Gasteiger partial charge on any atom is 0.293 e. The zero-order valence-corrected chi connectivity index (χ0v) is 16.2. The summed E-state index contributed by atoms with van der Waals surface area (Å²) in [6, 6.07) is 13.6. The lowest BCUT2D eigenvalue weighted by Gasteiger charge is -2.13. The molecule has 1 saturated heterocycles. The van der Waals surface area contributed by atoms with E-state index in [-0.39, 0.29) is 23.7 Å². The molecular formula is C18H13BrN2O5S. The van der Waals surface area contributed by atoms with E-state index in [0.29, 0.717) is 15.8 Å². The minimum atomic E-state index is -0.520. The second-order valence-electron chi connectivity index (χ2n) is 5.46. The highest BCUT2D eigenvalue weighted by molar-refractivity contribution is 9.10. The highest BCUT2D eigenvalue weighted by Gasteiger charge is 2.34. The van der Waals surface area contributed by atoms with Crippen LogP contribution in [-0.2, 0) is 4.79 Å². The zero-order valence-electron chi connectivity index (χ0n) is 13.8. The third kappa shape index (κ3) is 4.55. The van der Waals surface area contributed by atoms with Crippen molar-refractivity contribution < 1.29 is 19.2 Å². The predicted octanol–water partition coefficient (Wildman–Crippen LogP) is 4.47. The standard InChI is InChI=1S/C18H13BrN2O5S/c19-14-7-6-12(10-15(14)21(24)25)11-16-17(22)20(18(23)27-16)8-9-26-13-4-2-1-3-5-13/h1-7,10-11H,8-9H2/b16-11-. The van der Waals surface area contributed by atoms with E-state index in [0.717, 1.165) is 16.7 Å². The number of halogens is 1. The van der Waals surface area contributed by atoms with E-state index in [1.807, 2.05) is 18.2 Å². The highest BCUT2D eigenvalue weighted by atomic mass is 79.9. The van der Waals surface area contributed by atoms with Crippen molar-refractivity contribution in [1.29, 1.82) is 0 Å². The molecule has 2 aromatic carbocycles. The Kier molecular flexibility index (Phi) is 5.92. The van der Waals surface area contributed by atoms with Crippen LogP contribution in [0.5, 0.6) is 5.75 Å². The topological polar surface area (TPSA) is 89.8 Å². The molecule has 0 bridgehead atoms. The van der Waals surface area contributed by atoms with Gasteiger partial charge < -0.3 is 4.74 Å². The van der Waals surface area contributed by atoms with Gasteiger partial charge in [-0.1, -0.05) is 24.3 Å². The first-order valence-corrected chi connectivity index (χ1v) is 9.44. The van der Waals surface area contributed by atoms with Crippen LogP contribution in [0.3, 0.4) is 0 Å². The average Bonchev–Trinajstić information content (AvgIpc) is 2.91. The van der Waals surface area contributed by atoms with Gasteiger partial charge in [0, 0.05) is 6.07 Å². The van der Waals surface area contributed by atoms with Gasteiger partial charge in [-0.3, -0.25) is 24.6 Å². The summed E-state index contributed by atoms with van der Waals surface area (Å²) in [5.41, 5.74) is 0.357. The van der Waals surface area contributed by atoms with Crippen molar-refractivity contribution in [3.63, 3.8) is 0 Å². The average molecular weight is 449 g/mol. The Bertz CT molecular complexity index is 933. The molecule has 1 aliphatic rings. The van der Waals surface area contributed by atoms with Crippen molar-refractivity contribution in [3.8, 4) is 5.75 Å². The van der Waals surface area contributed by atoms with Gasteiger partial charge in [0.15, 0.2) is 0 Å². The first-order chi connectivity index (χ1) is 13.0. The molecule has 27 heavy (non-hydrogen) atoms. The number of ether oxygens (including phenoxy) is 1. The molecule has 2 amide bonds. The van der Waals surface area contributed by atoms with Crippen molar-refractivity contribution in [1.82, 2.24) is 4.90 Å². The second-order valence-corrected chi connectivity index (χ2v) is 7.31. The number of rotatable bonds is 6. The maximum atomic E-state index is 12.5. The van der Waals surface area contributed by atoms with Crippen LogP contribution < -0.4 is 4.74 Å². The molecule has 9 heteroatoms. The fourth-order valence-corrected chi connectivity index (χ4v) is 3.63. The fourth-order valence-electron chi connectivity index (χ4n) is 2.38. The van der Waals surface area contributed by atoms with E-state index < -0.39 is 16.1 Å². The summed E-state index contributed by atoms with van der Waals surface area (Å²) < 4.78 is 5.86. The van der Waals surface area contributed by atoms with Crippen LogP contribution in [0.1, 0.15) is 5.56 Å². The lowest BCUT2D eigenvalue weighted by Crippen LogP contribution is -2.32. The second kappa shape index (κ2) is 8.36. The summed E-state index contributed by atoms with van der Waals surface area (Å²) in [4.78, 5) is 36.4. The molecule has 1 heterocycles. The molecule has 0 spiro atoms. The summed E-state index contributed by atoms with van der Waals surface area (Å²) in [6.45, 7) is 0.302. The normalized spacial score (nSPS) is 15.4. The van der Waals surface area contributed by atoms with E-state index in [9.17, 15) is 19.7 Å². The monoisotopic (exact) mass is 448 g/mol. The van der Waals surface area contributed by atoms with Gasteiger partial charge in [-0.2, -0.15) is 0 Å². The van der Waals surface area contributed by atoms with Gasteiger partial charge in [0.05, 0.1) is 20.8 Å². The van der Waals surface area contributed by atoms with Gasteiger partial charge in [-0.05, 0) is 57.5 Å². The molecule has 0 aliphatic carbocycles. The van der Waals surface area contributed by atoms with Crippen LogP contribution in [0.25, 0.3) is 6.08 Å². The summed E-state index contributed by atoms with van der Waals surface area (Å²) >= 11 is 3.91. The van der Waals surface area contributed by atoms with Crippen molar-refractivity contribution in [2.24, 2.45) is 0 Å². The Morgan fingerprint density at radius 3 is 2.63 bits per heavy atom. The molecule has 0 aromatic heterocycles. The summed E-state index contributed by atoms with van der Waals surface area (Å²) in [5.74, 6) is 0.217. The molecule has 138 valence electrons. The fraction of sp³-hybridized carbons (Fsp3) is 0.111. The van der Waals surface area contributed by atoms with Crippen LogP contribution in [-0.4, -0.2) is 34.1 Å². The number of benzene rings is 2. The molecule has 3 rings (SSSR count). The van der Waals surface area contributed by atoms with Gasteiger partial charge >= 0.3 is 0 Å². The van der Waals surface area contributed by atoms with Crippen molar-refractivity contribution >= 4 is 50.6 Å². The summed E-state index contributed by atoms with van der Waals surface area (Å²) in [6.07, 6.45) is 1.47. The van der Waals surface area contributed by atoms with Crippen molar-refractivity contribution in [3.05, 3.63) is 73.6 Å². The van der Waals surface area contributed by atoms with Crippen molar-refractivity contribution in [2.45, 2.75) is 0 Å². The van der Waals surface area contributed by atoms with Gasteiger partial charge in [0.2, 0.25) is 0 Å². The minimum absolute atomic E-state index is 0.112. The number of nitrogens with zero attached hydrogens (tertiary/aromatic N) is 2. The van der Waals surface area contributed by atoms with Crippen LogP contribution in [0.4, 0.5) is 10.5 Å². The molecule has 1 aliphatic heterocycles. The Morgan fingerprint density at radius 2 is 1.93 bits per heavy atom. The Morgan fingerprint density at radius 1 is 1.19 bits per heavy atom. The summed E-state index contributed by atoms with van der Waals surface area (Å²) in [5, 5.41) is 10.6. The van der Waals surface area contributed by atoms with Crippen molar-refractivity contribution in [2.75, 3.05) is 13.2 Å². The smallest absolute Gasteiger partial charge is 0.293 e. The van der Waals surface area contributed by atoms with Gasteiger partial charge in [-0.25, -0.2) is 0 Å². The number of carbonyl (C=O) groups excluding carboxylic acids is 2. The first kappa shape index (κ1) is 19.1. The van der Waals surface area contributed by atoms with E-state index in [2.05, 4.69) is 15.9 Å². The van der Waals surface area contributed by atoms with Crippen LogP contribution >= 0.6 is 27.7 Å². The number of imide groups is 1. The van der Waals surface area contributed by atoms with E-state index in [4.69, 9.17) is 4.74 Å². The van der Waals surface area contributed by atoms with Crippen LogP contribution in [0.2, 0.25) is 0 Å². The number of para-hydroxylation sites is 1. The molecule has 1 fully saturated rings. The lowest BCUT2D eigenvalue weighted by molar-refractivity contribution is -0.385. The van der Waals surface area contributed by atoms with Gasteiger partial charge in [-0.15, -0.1) is 0 Å². The molecule has 7 nitrogen and oxygen atoms in total. The van der Waals surface area contributed by atoms with E-state index in [1.54, 1.807) is 18.2 Å². The third-order valence-electron chi connectivity index (χ3n) is 3.67. The molecule has 0 N–H and O–H groups in total. The molecular weight excluding hydrogens is 436 g/mol. The Hall–Kier alpha value is -2.65. The SMILES string of the molecule is O=C1S/C(=C\c2ccc(Br)c([N+](=O)[O-])c2)C(=O)N1CCOc1ccccc1. The molecule has 0 saturated carbocycles. The molecule has 0 atom stereocenters.